The average molecular weight is 415 g/mol. The van der Waals surface area contributed by atoms with Gasteiger partial charge in [-0.25, -0.2) is 14.6 Å². The van der Waals surface area contributed by atoms with Crippen molar-refractivity contribution in [3.8, 4) is 0 Å². The second-order valence-corrected chi connectivity index (χ2v) is 7.75. The van der Waals surface area contributed by atoms with Crippen LogP contribution in [0.3, 0.4) is 0 Å². The highest BCUT2D eigenvalue weighted by atomic mass is 19.1. The summed E-state index contributed by atoms with van der Waals surface area (Å²) in [7, 11) is 3.92. The number of rotatable bonds is 4. The zero-order chi connectivity index (χ0) is 21.8. The van der Waals surface area contributed by atoms with E-state index in [1.807, 2.05) is 21.0 Å². The molecule has 30 heavy (non-hydrogen) atoms. The van der Waals surface area contributed by atoms with Crippen LogP contribution in [0.25, 0.3) is 0 Å². The Morgan fingerprint density at radius 3 is 2.20 bits per heavy atom. The van der Waals surface area contributed by atoms with E-state index < -0.39 is 0 Å². The first kappa shape index (κ1) is 21.9. The number of amides is 1. The van der Waals surface area contributed by atoms with Gasteiger partial charge in [0.2, 0.25) is 5.84 Å². The quantitative estimate of drug-likeness (QED) is 0.348. The van der Waals surface area contributed by atoms with Crippen LogP contribution in [0.1, 0.15) is 30.0 Å². The van der Waals surface area contributed by atoms with Gasteiger partial charge in [0.1, 0.15) is 11.6 Å². The van der Waals surface area contributed by atoms with Gasteiger partial charge in [0, 0.05) is 25.0 Å². The van der Waals surface area contributed by atoms with Gasteiger partial charge in [0.15, 0.2) is 0 Å². The third-order valence-corrected chi connectivity index (χ3v) is 5.55. The summed E-state index contributed by atoms with van der Waals surface area (Å²) in [5.74, 6) is 4.77. The minimum Gasteiger partial charge on any atom is -0.334 e. The number of halogens is 2. The Hall–Kier alpha value is -2.84. The van der Waals surface area contributed by atoms with Crippen molar-refractivity contribution in [1.29, 1.82) is 0 Å². The summed E-state index contributed by atoms with van der Waals surface area (Å²) in [4.78, 5) is 21.3. The lowest BCUT2D eigenvalue weighted by molar-refractivity contribution is -0.123. The Labute approximate surface area is 175 Å². The maximum atomic E-state index is 13.3. The van der Waals surface area contributed by atoms with E-state index >= 15 is 0 Å². The van der Waals surface area contributed by atoms with Crippen LogP contribution in [0.5, 0.6) is 0 Å². The third-order valence-electron chi connectivity index (χ3n) is 5.55. The summed E-state index contributed by atoms with van der Waals surface area (Å²) in [5, 5.41) is 0. The minimum absolute atomic E-state index is 0.0399. The average Bonchev–Trinajstić information content (AvgIpc) is 3.18. The first-order valence-electron chi connectivity index (χ1n) is 9.81. The third kappa shape index (κ3) is 4.83. The number of amidine groups is 1. The SMILES string of the molecule is CC(N=C(NN)C(=O)N1CC(c2ccc(F)cc2)C(N(C)C)C1)c1ccc(F)cc1. The number of hydrazine groups is 1. The summed E-state index contributed by atoms with van der Waals surface area (Å²) in [6, 6.07) is 12.1. The fourth-order valence-electron chi connectivity index (χ4n) is 3.83. The molecule has 3 atom stereocenters. The van der Waals surface area contributed by atoms with Gasteiger partial charge in [-0.05, 0) is 56.4 Å². The van der Waals surface area contributed by atoms with E-state index in [2.05, 4.69) is 15.3 Å². The van der Waals surface area contributed by atoms with Crippen LogP contribution in [0.2, 0.25) is 0 Å². The maximum absolute atomic E-state index is 13.3. The lowest BCUT2D eigenvalue weighted by atomic mass is 9.94. The molecule has 0 radical (unpaired) electrons. The molecule has 1 heterocycles. The largest absolute Gasteiger partial charge is 0.334 e. The van der Waals surface area contributed by atoms with E-state index in [9.17, 15) is 13.6 Å². The smallest absolute Gasteiger partial charge is 0.290 e. The molecule has 0 spiro atoms. The molecule has 3 rings (SSSR count). The molecular weight excluding hydrogens is 388 g/mol. The number of aliphatic imine (C=N–C) groups is 1. The van der Waals surface area contributed by atoms with Crippen molar-refractivity contribution in [1.82, 2.24) is 15.2 Å². The van der Waals surface area contributed by atoms with E-state index in [-0.39, 0.29) is 41.4 Å². The van der Waals surface area contributed by atoms with Crippen LogP contribution in [-0.4, -0.2) is 54.8 Å². The number of nitrogens with one attached hydrogen (secondary N) is 1. The van der Waals surface area contributed by atoms with Gasteiger partial charge in [-0.2, -0.15) is 0 Å². The number of nitrogens with two attached hydrogens (primary N) is 1. The van der Waals surface area contributed by atoms with E-state index in [1.165, 1.54) is 24.3 Å². The van der Waals surface area contributed by atoms with Crippen LogP contribution >= 0.6 is 0 Å². The zero-order valence-corrected chi connectivity index (χ0v) is 17.3. The lowest BCUT2D eigenvalue weighted by Crippen LogP contribution is -2.46. The van der Waals surface area contributed by atoms with Crippen molar-refractivity contribution < 1.29 is 13.6 Å². The number of likely N-dealkylation sites (N-methyl/N-ethyl adjacent to an activating group) is 1. The molecule has 160 valence electrons. The van der Waals surface area contributed by atoms with Crippen molar-refractivity contribution in [2.24, 2.45) is 10.8 Å². The second kappa shape index (κ2) is 9.32. The Bertz CT molecular complexity index is 899. The molecule has 1 amide bonds. The summed E-state index contributed by atoms with van der Waals surface area (Å²) in [5.41, 5.74) is 4.17. The summed E-state index contributed by atoms with van der Waals surface area (Å²) >= 11 is 0. The second-order valence-electron chi connectivity index (χ2n) is 7.75. The fourth-order valence-corrected chi connectivity index (χ4v) is 3.83. The molecule has 1 fully saturated rings. The summed E-state index contributed by atoms with van der Waals surface area (Å²) in [6.45, 7) is 2.78. The molecule has 0 aliphatic carbocycles. The van der Waals surface area contributed by atoms with Crippen molar-refractivity contribution in [2.45, 2.75) is 24.9 Å². The molecule has 0 saturated carbocycles. The number of carbonyl (C=O) groups excluding carboxylic acids is 1. The molecule has 3 N–H and O–H groups in total. The van der Waals surface area contributed by atoms with Crippen molar-refractivity contribution in [3.05, 3.63) is 71.3 Å². The molecular formula is C22H27F2N5O. The predicted molar refractivity (Wildman–Crippen MR) is 113 cm³/mol. The van der Waals surface area contributed by atoms with Gasteiger partial charge in [0.25, 0.3) is 5.91 Å². The Kier molecular flexibility index (Phi) is 6.79. The number of hydrogen-bond acceptors (Lipinski definition) is 4. The van der Waals surface area contributed by atoms with Crippen molar-refractivity contribution >= 4 is 11.7 Å². The standard InChI is InChI=1S/C22H27F2N5O/c1-14(15-4-8-17(23)9-5-15)26-21(27-25)22(30)29-12-19(20(13-29)28(2)3)16-6-10-18(24)11-7-16/h4-11,14,19-20H,12-13,25H2,1-3H3,(H,26,27). The normalized spacial score (nSPS) is 20.5. The van der Waals surface area contributed by atoms with E-state index in [0.717, 1.165) is 11.1 Å². The number of nitrogens with zero attached hydrogens (tertiary/aromatic N) is 3. The van der Waals surface area contributed by atoms with Gasteiger partial charge < -0.3 is 15.2 Å². The molecule has 3 unspecified atom stereocenters. The molecule has 2 aromatic carbocycles. The van der Waals surface area contributed by atoms with Gasteiger partial charge in [-0.15, -0.1) is 0 Å². The molecule has 1 saturated heterocycles. The number of carbonyl (C=O) groups is 1. The highest BCUT2D eigenvalue weighted by Crippen LogP contribution is 2.30. The Morgan fingerprint density at radius 1 is 1.10 bits per heavy atom. The molecule has 1 aliphatic rings. The van der Waals surface area contributed by atoms with Crippen LogP contribution in [-0.2, 0) is 4.79 Å². The number of benzene rings is 2. The monoisotopic (exact) mass is 415 g/mol. The van der Waals surface area contributed by atoms with E-state index in [1.54, 1.807) is 29.2 Å². The van der Waals surface area contributed by atoms with Crippen LogP contribution in [0.15, 0.2) is 53.5 Å². The first-order valence-corrected chi connectivity index (χ1v) is 9.81. The molecule has 2 aromatic rings. The highest BCUT2D eigenvalue weighted by molar-refractivity contribution is 6.37. The van der Waals surface area contributed by atoms with Crippen LogP contribution in [0, 0.1) is 11.6 Å². The van der Waals surface area contributed by atoms with Gasteiger partial charge in [-0.3, -0.25) is 9.79 Å². The molecule has 0 aromatic heterocycles. The molecule has 6 nitrogen and oxygen atoms in total. The van der Waals surface area contributed by atoms with Gasteiger partial charge in [-0.1, -0.05) is 24.3 Å². The highest BCUT2D eigenvalue weighted by Gasteiger charge is 2.38. The summed E-state index contributed by atoms with van der Waals surface area (Å²) in [6.07, 6.45) is 0. The Balaban J connectivity index is 1.80. The van der Waals surface area contributed by atoms with Crippen molar-refractivity contribution in [3.63, 3.8) is 0 Å². The topological polar surface area (TPSA) is 74.0 Å². The van der Waals surface area contributed by atoms with E-state index in [0.29, 0.717) is 13.1 Å². The van der Waals surface area contributed by atoms with Crippen LogP contribution in [0.4, 0.5) is 8.78 Å². The molecule has 8 heteroatoms. The van der Waals surface area contributed by atoms with Gasteiger partial charge >= 0.3 is 0 Å². The predicted octanol–water partition coefficient (Wildman–Crippen LogP) is 2.44. The molecule has 1 aliphatic heterocycles. The number of hydrogen-bond donors (Lipinski definition) is 2. The lowest BCUT2D eigenvalue weighted by Gasteiger charge is -2.25. The first-order chi connectivity index (χ1) is 14.3. The molecule has 0 bridgehead atoms. The van der Waals surface area contributed by atoms with E-state index in [4.69, 9.17) is 5.84 Å². The number of likely N-dealkylation sites (tertiary alicyclic amines) is 1. The van der Waals surface area contributed by atoms with Crippen molar-refractivity contribution in [2.75, 3.05) is 27.2 Å². The minimum atomic E-state index is -0.374. The maximum Gasteiger partial charge on any atom is 0.290 e. The fraction of sp³-hybridized carbons (Fsp3) is 0.364. The van der Waals surface area contributed by atoms with Gasteiger partial charge in [0.05, 0.1) is 6.04 Å². The zero-order valence-electron chi connectivity index (χ0n) is 17.3. The van der Waals surface area contributed by atoms with Crippen LogP contribution < -0.4 is 11.3 Å². The Morgan fingerprint density at radius 2 is 1.67 bits per heavy atom. The summed E-state index contributed by atoms with van der Waals surface area (Å²) < 4.78 is 26.5.